The second kappa shape index (κ2) is 10.4. The first-order valence-corrected chi connectivity index (χ1v) is 13.8. The zero-order valence-electron chi connectivity index (χ0n) is 19.8. The van der Waals surface area contributed by atoms with Crippen LogP contribution in [0.2, 0.25) is 0 Å². The first-order chi connectivity index (χ1) is 18.2. The average Bonchev–Trinajstić information content (AvgIpc) is 3.36. The summed E-state index contributed by atoms with van der Waals surface area (Å²) in [6.07, 6.45) is 1.27. The largest absolute Gasteiger partial charge is 0.379 e. The maximum Gasteiger partial charge on any atom is 0.270 e. The van der Waals surface area contributed by atoms with Gasteiger partial charge in [-0.15, -0.1) is 11.3 Å². The molecule has 0 bridgehead atoms. The summed E-state index contributed by atoms with van der Waals surface area (Å²) in [4.78, 5) is 41.4. The van der Waals surface area contributed by atoms with Gasteiger partial charge in [-0.2, -0.15) is 4.31 Å². The highest BCUT2D eigenvalue weighted by Crippen LogP contribution is 2.32. The number of sulfonamides is 1. The van der Waals surface area contributed by atoms with Gasteiger partial charge < -0.3 is 10.1 Å². The Morgan fingerprint density at radius 2 is 1.89 bits per heavy atom. The fraction of sp³-hybridized carbons (Fsp3) is 0.208. The first-order valence-electron chi connectivity index (χ1n) is 11.4. The van der Waals surface area contributed by atoms with Crippen LogP contribution in [0.4, 0.5) is 11.4 Å². The van der Waals surface area contributed by atoms with Crippen molar-refractivity contribution in [3.05, 3.63) is 80.7 Å². The average molecular weight is 556 g/mol. The molecule has 2 aromatic heterocycles. The molecule has 0 saturated carbocycles. The molecule has 4 aromatic rings. The van der Waals surface area contributed by atoms with Crippen molar-refractivity contribution in [3.63, 3.8) is 0 Å². The van der Waals surface area contributed by atoms with Gasteiger partial charge in [0.1, 0.15) is 11.4 Å². The van der Waals surface area contributed by atoms with Gasteiger partial charge in [0, 0.05) is 41.9 Å². The first kappa shape index (κ1) is 25.7. The van der Waals surface area contributed by atoms with Crippen LogP contribution in [0.25, 0.3) is 21.3 Å². The van der Waals surface area contributed by atoms with Gasteiger partial charge in [0.25, 0.3) is 11.2 Å². The third-order valence-electron chi connectivity index (χ3n) is 5.99. The van der Waals surface area contributed by atoms with Crippen molar-refractivity contribution in [2.45, 2.75) is 11.4 Å². The SMILES string of the molecule is O=C(Cn1cnc2scc(-c3cccc([N+](=O)[O-])c3)c2c1=O)Nc1ccc(S(=O)(=O)N2CCOCC2)cc1. The van der Waals surface area contributed by atoms with Crippen LogP contribution in [-0.2, 0) is 26.1 Å². The van der Waals surface area contributed by atoms with Crippen molar-refractivity contribution in [1.29, 1.82) is 0 Å². The fourth-order valence-electron chi connectivity index (χ4n) is 4.08. The third kappa shape index (κ3) is 5.06. The molecule has 5 rings (SSSR count). The summed E-state index contributed by atoms with van der Waals surface area (Å²) in [6.45, 7) is 0.902. The minimum Gasteiger partial charge on any atom is -0.379 e. The highest BCUT2D eigenvalue weighted by Gasteiger charge is 2.26. The quantitative estimate of drug-likeness (QED) is 0.270. The summed E-state index contributed by atoms with van der Waals surface area (Å²) in [5, 5.41) is 15.8. The molecule has 1 aliphatic rings. The van der Waals surface area contributed by atoms with E-state index in [-0.39, 0.29) is 35.6 Å². The molecule has 196 valence electrons. The van der Waals surface area contributed by atoms with E-state index in [9.17, 15) is 28.1 Å². The highest BCUT2D eigenvalue weighted by molar-refractivity contribution is 7.89. The van der Waals surface area contributed by atoms with Gasteiger partial charge in [0.2, 0.25) is 15.9 Å². The molecule has 12 nitrogen and oxygen atoms in total. The van der Waals surface area contributed by atoms with Gasteiger partial charge in [-0.05, 0) is 29.8 Å². The lowest BCUT2D eigenvalue weighted by atomic mass is 10.1. The lowest BCUT2D eigenvalue weighted by Gasteiger charge is -2.26. The number of benzene rings is 2. The number of anilines is 1. The molecule has 0 radical (unpaired) electrons. The van der Waals surface area contributed by atoms with Gasteiger partial charge in [-0.1, -0.05) is 12.1 Å². The van der Waals surface area contributed by atoms with E-state index in [0.717, 1.165) is 4.57 Å². The van der Waals surface area contributed by atoms with Crippen LogP contribution < -0.4 is 10.9 Å². The number of rotatable bonds is 7. The normalized spacial score (nSPS) is 14.4. The zero-order valence-corrected chi connectivity index (χ0v) is 21.4. The van der Waals surface area contributed by atoms with Crippen molar-refractivity contribution < 1.29 is 22.9 Å². The van der Waals surface area contributed by atoms with Crippen molar-refractivity contribution in [2.75, 3.05) is 31.6 Å². The molecule has 1 fully saturated rings. The van der Waals surface area contributed by atoms with E-state index in [4.69, 9.17) is 4.74 Å². The molecule has 14 heteroatoms. The Hall–Kier alpha value is -3.98. The molecule has 38 heavy (non-hydrogen) atoms. The van der Waals surface area contributed by atoms with Crippen LogP contribution in [0.1, 0.15) is 0 Å². The smallest absolute Gasteiger partial charge is 0.270 e. The number of morpholine rings is 1. The lowest BCUT2D eigenvalue weighted by Crippen LogP contribution is -2.40. The van der Waals surface area contributed by atoms with Crippen LogP contribution >= 0.6 is 11.3 Å². The monoisotopic (exact) mass is 555 g/mol. The Balaban J connectivity index is 1.34. The van der Waals surface area contributed by atoms with Gasteiger partial charge in [-0.25, -0.2) is 13.4 Å². The number of carbonyl (C=O) groups excluding carboxylic acids is 1. The van der Waals surface area contributed by atoms with E-state index in [1.165, 1.54) is 64.4 Å². The molecule has 3 heterocycles. The molecule has 1 aliphatic heterocycles. The van der Waals surface area contributed by atoms with Crippen LogP contribution in [0.3, 0.4) is 0 Å². The highest BCUT2D eigenvalue weighted by atomic mass is 32.2. The summed E-state index contributed by atoms with van der Waals surface area (Å²) < 4.78 is 33.3. The number of ether oxygens (including phenoxy) is 1. The minimum absolute atomic E-state index is 0.103. The number of carbonyl (C=O) groups is 1. The molecule has 0 atom stereocenters. The van der Waals surface area contributed by atoms with E-state index in [1.807, 2.05) is 0 Å². The predicted octanol–water partition coefficient (Wildman–Crippen LogP) is 2.69. The summed E-state index contributed by atoms with van der Waals surface area (Å²) >= 11 is 1.23. The topological polar surface area (TPSA) is 154 Å². The van der Waals surface area contributed by atoms with Crippen molar-refractivity contribution in [1.82, 2.24) is 13.9 Å². The number of hydrogen-bond acceptors (Lipinski definition) is 9. The van der Waals surface area contributed by atoms with E-state index in [1.54, 1.807) is 11.4 Å². The Morgan fingerprint density at radius 3 is 2.61 bits per heavy atom. The van der Waals surface area contributed by atoms with Crippen molar-refractivity contribution in [2.24, 2.45) is 0 Å². The number of non-ortho nitro benzene ring substituents is 1. The molecule has 1 amide bonds. The van der Waals surface area contributed by atoms with Crippen LogP contribution in [-0.4, -0.2) is 59.4 Å². The van der Waals surface area contributed by atoms with Gasteiger partial charge in [0.15, 0.2) is 0 Å². The number of nitrogens with one attached hydrogen (secondary N) is 1. The maximum absolute atomic E-state index is 13.2. The molecule has 1 N–H and O–H groups in total. The predicted molar refractivity (Wildman–Crippen MR) is 141 cm³/mol. The number of nitrogens with zero attached hydrogens (tertiary/aromatic N) is 4. The van der Waals surface area contributed by atoms with E-state index in [0.29, 0.717) is 34.9 Å². The second-order valence-electron chi connectivity index (χ2n) is 8.40. The standard InChI is InChI=1S/C24H21N5O7S2/c30-21(26-17-4-6-19(7-5-17)38(34,35)28-8-10-36-11-9-28)13-27-15-25-23-22(24(27)31)20(14-37-23)16-2-1-3-18(12-16)29(32)33/h1-7,12,14-15H,8-11,13H2,(H,26,30). The zero-order chi connectivity index (χ0) is 26.9. The van der Waals surface area contributed by atoms with Crippen molar-refractivity contribution in [3.8, 4) is 11.1 Å². The number of nitro benzene ring substituents is 1. The lowest BCUT2D eigenvalue weighted by molar-refractivity contribution is -0.384. The molecule has 0 aliphatic carbocycles. The number of amides is 1. The Bertz CT molecular complexity index is 1690. The van der Waals surface area contributed by atoms with E-state index in [2.05, 4.69) is 10.3 Å². The molecule has 0 unspecified atom stereocenters. The van der Waals surface area contributed by atoms with Crippen molar-refractivity contribution >= 4 is 48.9 Å². The van der Waals surface area contributed by atoms with Gasteiger partial charge in [0.05, 0.1) is 34.7 Å². The fourth-order valence-corrected chi connectivity index (χ4v) is 6.40. The molecule has 0 spiro atoms. The van der Waals surface area contributed by atoms with Gasteiger partial charge in [-0.3, -0.25) is 24.3 Å². The van der Waals surface area contributed by atoms with E-state index < -0.39 is 26.4 Å². The van der Waals surface area contributed by atoms with Crippen LogP contribution in [0.5, 0.6) is 0 Å². The molecular formula is C24H21N5O7S2. The molecule has 2 aromatic carbocycles. The third-order valence-corrected chi connectivity index (χ3v) is 8.79. The van der Waals surface area contributed by atoms with Crippen LogP contribution in [0.15, 0.2) is 69.9 Å². The number of hydrogen-bond donors (Lipinski definition) is 1. The number of thiophene rings is 1. The summed E-state index contributed by atoms with van der Waals surface area (Å²) in [5.74, 6) is -0.510. The minimum atomic E-state index is -3.66. The molecular weight excluding hydrogens is 534 g/mol. The Morgan fingerprint density at radius 1 is 1.16 bits per heavy atom. The Labute approximate surface area is 220 Å². The molecule has 1 saturated heterocycles. The summed E-state index contributed by atoms with van der Waals surface area (Å²) in [6, 6.07) is 11.7. The summed E-state index contributed by atoms with van der Waals surface area (Å²) in [5.41, 5.74) is 0.802. The van der Waals surface area contributed by atoms with Gasteiger partial charge >= 0.3 is 0 Å². The van der Waals surface area contributed by atoms with E-state index >= 15 is 0 Å². The second-order valence-corrected chi connectivity index (χ2v) is 11.2. The number of fused-ring (bicyclic) bond motifs is 1. The number of aromatic nitrogens is 2. The summed E-state index contributed by atoms with van der Waals surface area (Å²) in [7, 11) is -3.66. The maximum atomic E-state index is 13.2. The van der Waals surface area contributed by atoms with Crippen LogP contribution in [0, 0.1) is 10.1 Å². The Kier molecular flexibility index (Phi) is 7.03. The number of nitro groups is 1.